The zero-order valence-electron chi connectivity index (χ0n) is 33.2. The van der Waals surface area contributed by atoms with E-state index in [2.05, 4.69) is 151 Å². The lowest BCUT2D eigenvalue weighted by Crippen LogP contribution is -2.11. The summed E-state index contributed by atoms with van der Waals surface area (Å²) >= 11 is 0. The molecular weight excluding hydrogens is 743 g/mol. The Morgan fingerprint density at radius 2 is 0.738 bits per heavy atom. The van der Waals surface area contributed by atoms with Gasteiger partial charge in [-0.05, 0) is 73.5 Å². The van der Waals surface area contributed by atoms with Gasteiger partial charge < -0.3 is 5.32 Å². The largest absolute Gasteiger partial charge is 0.340 e. The van der Waals surface area contributed by atoms with Crippen LogP contribution in [0.5, 0.6) is 0 Å². The second-order valence-corrected chi connectivity index (χ2v) is 14.9. The van der Waals surface area contributed by atoms with Crippen molar-refractivity contribution in [3.63, 3.8) is 0 Å². The van der Waals surface area contributed by atoms with Crippen molar-refractivity contribution >= 4 is 22.3 Å². The van der Waals surface area contributed by atoms with E-state index in [0.717, 1.165) is 83.2 Å². The molecule has 0 amide bonds. The number of fused-ring (bicyclic) bond motifs is 1. The number of hydrogen-bond donors (Lipinski definition) is 2. The van der Waals surface area contributed by atoms with Gasteiger partial charge in [0.1, 0.15) is 5.84 Å². The van der Waals surface area contributed by atoms with Crippen molar-refractivity contribution in [1.29, 1.82) is 5.41 Å². The van der Waals surface area contributed by atoms with Gasteiger partial charge in [0.15, 0.2) is 17.5 Å². The van der Waals surface area contributed by atoms with Gasteiger partial charge >= 0.3 is 0 Å². The minimum Gasteiger partial charge on any atom is -0.340 e. The third kappa shape index (κ3) is 7.72. The second-order valence-electron chi connectivity index (χ2n) is 14.9. The lowest BCUT2D eigenvalue weighted by molar-refractivity contribution is 1.07. The number of anilines is 1. The third-order valence-corrected chi connectivity index (χ3v) is 11.0. The first-order valence-electron chi connectivity index (χ1n) is 20.4. The number of amidine groups is 1. The van der Waals surface area contributed by atoms with Crippen LogP contribution in [-0.4, -0.2) is 20.8 Å². The van der Waals surface area contributed by atoms with Gasteiger partial charge in [0.2, 0.25) is 0 Å². The van der Waals surface area contributed by atoms with Crippen molar-refractivity contribution in [3.05, 3.63) is 230 Å². The first-order chi connectivity index (χ1) is 30.1. The van der Waals surface area contributed by atoms with E-state index in [9.17, 15) is 0 Å². The van der Waals surface area contributed by atoms with Crippen molar-refractivity contribution < 1.29 is 0 Å². The van der Waals surface area contributed by atoms with Crippen LogP contribution in [0, 0.1) is 5.41 Å². The summed E-state index contributed by atoms with van der Waals surface area (Å²) in [6.45, 7) is 0. The van der Waals surface area contributed by atoms with E-state index >= 15 is 0 Å². The smallest absolute Gasteiger partial charge is 0.164 e. The molecule has 0 bridgehead atoms. The minimum atomic E-state index is 0.362. The van der Waals surface area contributed by atoms with Crippen molar-refractivity contribution in [3.8, 4) is 78.7 Å². The maximum atomic E-state index is 8.61. The molecule has 0 unspecified atom stereocenters. The zero-order valence-corrected chi connectivity index (χ0v) is 33.2. The summed E-state index contributed by atoms with van der Waals surface area (Å²) in [5.74, 6) is 2.22. The van der Waals surface area contributed by atoms with Crippen LogP contribution in [0.1, 0.15) is 5.56 Å². The molecule has 5 heteroatoms. The van der Waals surface area contributed by atoms with Crippen LogP contribution < -0.4 is 5.32 Å². The summed E-state index contributed by atoms with van der Waals surface area (Å²) in [7, 11) is 0. The molecule has 1 heterocycles. The maximum absolute atomic E-state index is 8.61. The molecule has 0 aliphatic carbocycles. The zero-order chi connectivity index (χ0) is 41.0. The van der Waals surface area contributed by atoms with Crippen molar-refractivity contribution in [2.75, 3.05) is 5.32 Å². The molecule has 0 fully saturated rings. The van der Waals surface area contributed by atoms with Crippen LogP contribution in [0.4, 0.5) is 5.69 Å². The highest BCUT2D eigenvalue weighted by Gasteiger charge is 2.18. The fourth-order valence-corrected chi connectivity index (χ4v) is 7.93. The highest BCUT2D eigenvalue weighted by molar-refractivity contribution is 6.07. The predicted octanol–water partition coefficient (Wildman–Crippen LogP) is 14.1. The molecule has 0 spiro atoms. The van der Waals surface area contributed by atoms with E-state index < -0.39 is 0 Å². The summed E-state index contributed by atoms with van der Waals surface area (Å²) < 4.78 is 0. The lowest BCUT2D eigenvalue weighted by Gasteiger charge is -2.15. The Morgan fingerprint density at radius 3 is 1.43 bits per heavy atom. The number of benzene rings is 9. The average molecular weight is 782 g/mol. The van der Waals surface area contributed by atoms with Crippen LogP contribution in [-0.2, 0) is 0 Å². The predicted molar refractivity (Wildman–Crippen MR) is 252 cm³/mol. The van der Waals surface area contributed by atoms with E-state index in [1.807, 2.05) is 78.9 Å². The number of para-hydroxylation sites is 1. The topological polar surface area (TPSA) is 74.6 Å². The van der Waals surface area contributed by atoms with Crippen molar-refractivity contribution in [1.82, 2.24) is 15.0 Å². The molecular formula is C56H39N5. The van der Waals surface area contributed by atoms with Crippen LogP contribution >= 0.6 is 0 Å². The normalized spacial score (nSPS) is 11.0. The molecule has 10 aromatic rings. The Balaban J connectivity index is 1.01. The lowest BCUT2D eigenvalue weighted by atomic mass is 9.90. The molecule has 9 aromatic carbocycles. The highest BCUT2D eigenvalue weighted by Crippen LogP contribution is 2.40. The van der Waals surface area contributed by atoms with Gasteiger partial charge in [-0.25, -0.2) is 15.0 Å². The van der Waals surface area contributed by atoms with Crippen LogP contribution in [0.15, 0.2) is 224 Å². The first-order valence-corrected chi connectivity index (χ1v) is 20.4. The molecule has 61 heavy (non-hydrogen) atoms. The number of hydrogen-bond acceptors (Lipinski definition) is 4. The summed E-state index contributed by atoms with van der Waals surface area (Å²) in [6.07, 6.45) is 0. The Labute approximate surface area is 355 Å². The Hall–Kier alpha value is -8.28. The first kappa shape index (κ1) is 37.0. The maximum Gasteiger partial charge on any atom is 0.164 e. The molecule has 0 atom stereocenters. The fraction of sp³-hybridized carbons (Fsp3) is 0. The Kier molecular flexibility index (Phi) is 10.0. The molecule has 5 nitrogen and oxygen atoms in total. The Bertz CT molecular complexity index is 3150. The van der Waals surface area contributed by atoms with Crippen LogP contribution in [0.3, 0.4) is 0 Å². The molecule has 0 aliphatic rings. The van der Waals surface area contributed by atoms with Gasteiger partial charge in [-0.2, -0.15) is 0 Å². The van der Waals surface area contributed by atoms with Gasteiger partial charge in [0.25, 0.3) is 0 Å². The van der Waals surface area contributed by atoms with Crippen molar-refractivity contribution in [2.24, 2.45) is 0 Å². The molecule has 0 radical (unpaired) electrons. The number of nitrogens with zero attached hydrogens (tertiary/aromatic N) is 3. The average Bonchev–Trinajstić information content (AvgIpc) is 3.34. The summed E-state index contributed by atoms with van der Waals surface area (Å²) in [5.41, 5.74) is 13.4. The number of rotatable bonds is 9. The SMILES string of the molecule is N=C(Nc1ccccc1)c1ccc(-c2cccc(-c3cccc4c(-c5ccccc5-c5nc(-c6ccccc6)nc(-c6ccc(-c7ccccc7)cc6)n5)cccc34)c2)cc1. The summed E-state index contributed by atoms with van der Waals surface area (Å²) in [5, 5.41) is 14.1. The third-order valence-electron chi connectivity index (χ3n) is 11.0. The summed E-state index contributed by atoms with van der Waals surface area (Å²) in [4.78, 5) is 15.3. The van der Waals surface area contributed by atoms with E-state index in [-0.39, 0.29) is 0 Å². The van der Waals surface area contributed by atoms with Crippen LogP contribution in [0.25, 0.3) is 89.4 Å². The fourth-order valence-electron chi connectivity index (χ4n) is 7.93. The standard InChI is InChI=1S/C56H39N5/c57-53(58-46-21-8-3-9-22-46)41-33-29-40(30-34-41)44-19-12-20-45(37-44)47-25-13-27-49-48(47)26-14-28-50(49)51-23-10-11-24-52(51)56-60-54(42-17-6-2-7-18-42)59-55(61-56)43-35-31-39(32-36-43)38-15-4-1-5-16-38/h1-37H,(H2,57,58). The quantitative estimate of drug-likeness (QED) is 0.113. The van der Waals surface area contributed by atoms with E-state index in [1.165, 1.54) is 0 Å². The van der Waals surface area contributed by atoms with E-state index in [0.29, 0.717) is 23.3 Å². The van der Waals surface area contributed by atoms with Gasteiger partial charge in [-0.1, -0.05) is 206 Å². The van der Waals surface area contributed by atoms with Gasteiger partial charge in [-0.3, -0.25) is 5.41 Å². The monoisotopic (exact) mass is 781 g/mol. The van der Waals surface area contributed by atoms with E-state index in [4.69, 9.17) is 20.4 Å². The highest BCUT2D eigenvalue weighted by atomic mass is 15.0. The molecule has 0 saturated carbocycles. The van der Waals surface area contributed by atoms with Crippen LogP contribution in [0.2, 0.25) is 0 Å². The minimum absolute atomic E-state index is 0.362. The summed E-state index contributed by atoms with van der Waals surface area (Å²) in [6, 6.07) is 77.1. The molecule has 10 rings (SSSR count). The molecule has 288 valence electrons. The van der Waals surface area contributed by atoms with Gasteiger partial charge in [0.05, 0.1) is 0 Å². The number of aromatic nitrogens is 3. The molecule has 1 aromatic heterocycles. The van der Waals surface area contributed by atoms with Gasteiger partial charge in [-0.15, -0.1) is 0 Å². The molecule has 0 aliphatic heterocycles. The molecule has 0 saturated heterocycles. The molecule has 2 N–H and O–H groups in total. The Morgan fingerprint density at radius 1 is 0.311 bits per heavy atom. The van der Waals surface area contributed by atoms with E-state index in [1.54, 1.807) is 0 Å². The van der Waals surface area contributed by atoms with Crippen molar-refractivity contribution in [2.45, 2.75) is 0 Å². The number of nitrogens with one attached hydrogen (secondary N) is 2. The van der Waals surface area contributed by atoms with Gasteiger partial charge in [0, 0.05) is 27.9 Å². The second kappa shape index (κ2) is 16.5.